The molecule has 0 N–H and O–H groups in total. The van der Waals surface area contributed by atoms with Crippen LogP contribution in [0.5, 0.6) is 0 Å². The van der Waals surface area contributed by atoms with Gasteiger partial charge in [-0.25, -0.2) is 0 Å². The predicted octanol–water partition coefficient (Wildman–Crippen LogP) is 2.77. The highest BCUT2D eigenvalue weighted by Gasteiger charge is 2.24. The van der Waals surface area contributed by atoms with Gasteiger partial charge in [-0.15, -0.1) is 11.3 Å². The van der Waals surface area contributed by atoms with E-state index in [1.807, 2.05) is 4.90 Å². The largest absolute Gasteiger partial charge is 0.465 e. The standard InChI is InChI=1S/C14H18Cl2N2O3S/c1-2-21-12(19)9-17-4-3-5-18(7-6-17)14(20)10-8-11(15)22-13(10)16/h8H,2-7,9H2,1H3. The van der Waals surface area contributed by atoms with Crippen molar-refractivity contribution in [3.63, 3.8) is 0 Å². The lowest BCUT2D eigenvalue weighted by atomic mass is 10.3. The van der Waals surface area contributed by atoms with E-state index in [1.165, 1.54) is 11.3 Å². The first-order valence-electron chi connectivity index (χ1n) is 7.13. The van der Waals surface area contributed by atoms with E-state index in [1.54, 1.807) is 17.9 Å². The average molecular weight is 365 g/mol. The van der Waals surface area contributed by atoms with Crippen LogP contribution in [0.1, 0.15) is 23.7 Å². The van der Waals surface area contributed by atoms with E-state index in [9.17, 15) is 9.59 Å². The highest BCUT2D eigenvalue weighted by Crippen LogP contribution is 2.32. The molecule has 1 aromatic heterocycles. The summed E-state index contributed by atoms with van der Waals surface area (Å²) < 4.78 is 5.88. The van der Waals surface area contributed by atoms with Gasteiger partial charge in [0.1, 0.15) is 4.34 Å². The Hall–Kier alpha value is -0.820. The van der Waals surface area contributed by atoms with Gasteiger partial charge in [0.05, 0.1) is 23.1 Å². The van der Waals surface area contributed by atoms with Crippen LogP contribution in [0.25, 0.3) is 0 Å². The second-order valence-electron chi connectivity index (χ2n) is 4.96. The Morgan fingerprint density at radius 1 is 1.27 bits per heavy atom. The minimum absolute atomic E-state index is 0.105. The molecular weight excluding hydrogens is 347 g/mol. The third-order valence-electron chi connectivity index (χ3n) is 3.42. The fraction of sp³-hybridized carbons (Fsp3) is 0.571. The lowest BCUT2D eigenvalue weighted by Crippen LogP contribution is -2.37. The van der Waals surface area contributed by atoms with Crippen molar-refractivity contribution in [2.24, 2.45) is 0 Å². The number of nitrogens with zero attached hydrogens (tertiary/aromatic N) is 2. The molecule has 1 amide bonds. The molecule has 22 heavy (non-hydrogen) atoms. The summed E-state index contributed by atoms with van der Waals surface area (Å²) in [6.45, 7) is 5.04. The van der Waals surface area contributed by atoms with Gasteiger partial charge in [-0.2, -0.15) is 0 Å². The van der Waals surface area contributed by atoms with Crippen LogP contribution in [-0.4, -0.2) is 61.0 Å². The molecule has 122 valence electrons. The first-order chi connectivity index (χ1) is 10.5. The SMILES string of the molecule is CCOC(=O)CN1CCCN(C(=O)c2cc(Cl)sc2Cl)CC1. The van der Waals surface area contributed by atoms with Crippen LogP contribution < -0.4 is 0 Å². The maximum Gasteiger partial charge on any atom is 0.320 e. The van der Waals surface area contributed by atoms with E-state index in [-0.39, 0.29) is 18.4 Å². The minimum atomic E-state index is -0.227. The molecule has 0 aliphatic carbocycles. The highest BCUT2D eigenvalue weighted by molar-refractivity contribution is 7.20. The van der Waals surface area contributed by atoms with Gasteiger partial charge in [-0.05, 0) is 19.4 Å². The van der Waals surface area contributed by atoms with E-state index < -0.39 is 0 Å². The first kappa shape index (κ1) is 17.5. The Labute approximate surface area is 143 Å². The van der Waals surface area contributed by atoms with E-state index in [4.69, 9.17) is 27.9 Å². The zero-order valence-corrected chi connectivity index (χ0v) is 14.6. The average Bonchev–Trinajstić information content (AvgIpc) is 2.67. The number of hydrogen-bond donors (Lipinski definition) is 0. The van der Waals surface area contributed by atoms with Crippen molar-refractivity contribution in [1.29, 1.82) is 0 Å². The number of carbonyl (C=O) groups is 2. The number of thiophene rings is 1. The molecule has 0 aromatic carbocycles. The minimum Gasteiger partial charge on any atom is -0.465 e. The quantitative estimate of drug-likeness (QED) is 0.770. The molecule has 1 fully saturated rings. The molecule has 0 atom stereocenters. The number of esters is 1. The summed E-state index contributed by atoms with van der Waals surface area (Å²) in [6.07, 6.45) is 0.806. The molecule has 2 rings (SSSR count). The fourth-order valence-corrected chi connectivity index (χ4v) is 3.83. The molecule has 0 saturated carbocycles. The van der Waals surface area contributed by atoms with E-state index in [0.717, 1.165) is 13.0 Å². The van der Waals surface area contributed by atoms with Gasteiger partial charge in [-0.1, -0.05) is 23.2 Å². The lowest BCUT2D eigenvalue weighted by Gasteiger charge is -2.21. The van der Waals surface area contributed by atoms with Crippen molar-refractivity contribution >= 4 is 46.4 Å². The Kier molecular flexibility index (Phi) is 6.50. The topological polar surface area (TPSA) is 49.9 Å². The van der Waals surface area contributed by atoms with Crippen molar-refractivity contribution in [2.75, 3.05) is 39.3 Å². The molecule has 8 heteroatoms. The summed E-state index contributed by atoms with van der Waals surface area (Å²) in [7, 11) is 0. The normalized spacial score (nSPS) is 16.4. The van der Waals surface area contributed by atoms with Crippen molar-refractivity contribution in [2.45, 2.75) is 13.3 Å². The second-order valence-corrected chi connectivity index (χ2v) is 7.25. The van der Waals surface area contributed by atoms with Gasteiger partial charge in [0, 0.05) is 26.2 Å². The molecule has 1 saturated heterocycles. The molecular formula is C14H18Cl2N2O3S. The van der Waals surface area contributed by atoms with E-state index in [2.05, 4.69) is 0 Å². The number of amides is 1. The predicted molar refractivity (Wildman–Crippen MR) is 87.9 cm³/mol. The van der Waals surface area contributed by atoms with Crippen LogP contribution in [0, 0.1) is 0 Å². The van der Waals surface area contributed by atoms with Crippen molar-refractivity contribution in [3.05, 3.63) is 20.3 Å². The van der Waals surface area contributed by atoms with Crippen molar-refractivity contribution in [1.82, 2.24) is 9.80 Å². The fourth-order valence-electron chi connectivity index (χ4n) is 2.38. The monoisotopic (exact) mass is 364 g/mol. The third-order valence-corrected chi connectivity index (χ3v) is 4.91. The van der Waals surface area contributed by atoms with Gasteiger partial charge in [0.15, 0.2) is 0 Å². The Morgan fingerprint density at radius 2 is 2.05 bits per heavy atom. The molecule has 5 nitrogen and oxygen atoms in total. The number of hydrogen-bond acceptors (Lipinski definition) is 5. The lowest BCUT2D eigenvalue weighted by molar-refractivity contribution is -0.144. The molecule has 1 aliphatic heterocycles. The zero-order chi connectivity index (χ0) is 16.1. The van der Waals surface area contributed by atoms with Gasteiger partial charge in [-0.3, -0.25) is 14.5 Å². The van der Waals surface area contributed by atoms with Crippen molar-refractivity contribution < 1.29 is 14.3 Å². The van der Waals surface area contributed by atoms with Gasteiger partial charge >= 0.3 is 5.97 Å². The van der Waals surface area contributed by atoms with Gasteiger partial charge < -0.3 is 9.64 Å². The molecule has 0 bridgehead atoms. The van der Waals surface area contributed by atoms with Crippen LogP contribution in [0.2, 0.25) is 8.67 Å². The summed E-state index contributed by atoms with van der Waals surface area (Å²) >= 11 is 13.1. The van der Waals surface area contributed by atoms with Crippen LogP contribution in [0.3, 0.4) is 0 Å². The molecule has 1 aliphatic rings. The summed E-state index contributed by atoms with van der Waals surface area (Å²) in [5, 5.41) is 0. The Morgan fingerprint density at radius 3 is 2.68 bits per heavy atom. The molecule has 2 heterocycles. The third kappa shape index (κ3) is 4.59. The van der Waals surface area contributed by atoms with Crippen LogP contribution in [0.4, 0.5) is 0 Å². The zero-order valence-electron chi connectivity index (χ0n) is 12.3. The molecule has 0 unspecified atom stereocenters. The summed E-state index contributed by atoms with van der Waals surface area (Å²) in [5.74, 6) is -0.332. The maximum atomic E-state index is 12.5. The summed E-state index contributed by atoms with van der Waals surface area (Å²) in [6, 6.07) is 1.61. The van der Waals surface area contributed by atoms with Gasteiger partial charge in [0.2, 0.25) is 0 Å². The first-order valence-corrected chi connectivity index (χ1v) is 8.70. The molecule has 1 aromatic rings. The number of carbonyl (C=O) groups excluding carboxylic acids is 2. The number of halogens is 2. The van der Waals surface area contributed by atoms with E-state index >= 15 is 0 Å². The highest BCUT2D eigenvalue weighted by atomic mass is 35.5. The Bertz CT molecular complexity index is 550. The van der Waals surface area contributed by atoms with Crippen LogP contribution in [-0.2, 0) is 9.53 Å². The maximum absolute atomic E-state index is 12.5. The number of rotatable bonds is 4. The summed E-state index contributed by atoms with van der Waals surface area (Å²) in [5.41, 5.74) is 0.454. The van der Waals surface area contributed by atoms with Crippen LogP contribution in [0.15, 0.2) is 6.07 Å². The Balaban J connectivity index is 1.94. The van der Waals surface area contributed by atoms with Gasteiger partial charge in [0.25, 0.3) is 5.91 Å². The molecule has 0 spiro atoms. The summed E-state index contributed by atoms with van der Waals surface area (Å²) in [4.78, 5) is 27.8. The van der Waals surface area contributed by atoms with E-state index in [0.29, 0.717) is 40.5 Å². The van der Waals surface area contributed by atoms with Crippen LogP contribution >= 0.6 is 34.5 Å². The molecule has 0 radical (unpaired) electrons. The second kappa shape index (κ2) is 8.15. The number of ether oxygens (including phenoxy) is 1. The smallest absolute Gasteiger partial charge is 0.320 e. The van der Waals surface area contributed by atoms with Crippen molar-refractivity contribution in [3.8, 4) is 0 Å².